The van der Waals surface area contributed by atoms with E-state index in [2.05, 4.69) is 41.3 Å². The first-order chi connectivity index (χ1) is 11.8. The standard InChI is InChI=1S/C20H30BN3/c1-5-9-16-19(15-6-2)20(22-7-3)24(8-4)21-17-13-11-10-12-14-18-23-21/h5-9,15-16,23H,1-4,10-14,17-18H2/b16-9-,19-15+,22-20-. The van der Waals surface area contributed by atoms with E-state index in [4.69, 9.17) is 0 Å². The number of hydrogen-bond donors (Lipinski definition) is 1. The number of rotatable bonds is 7. The molecule has 3 nitrogen and oxygen atoms in total. The lowest BCUT2D eigenvalue weighted by Crippen LogP contribution is -2.50. The normalized spacial score (nSPS) is 17.6. The Balaban J connectivity index is 3.13. The van der Waals surface area contributed by atoms with Crippen LogP contribution in [0, 0.1) is 0 Å². The zero-order valence-electron chi connectivity index (χ0n) is 14.8. The molecule has 1 saturated heterocycles. The summed E-state index contributed by atoms with van der Waals surface area (Å²) < 4.78 is 0. The SMILES string of the molecule is C=C\C=C/C(=C\C=C)C(=N/C=C)/N(C=C)B1CCCCCCCN1. The Morgan fingerprint density at radius 3 is 2.42 bits per heavy atom. The van der Waals surface area contributed by atoms with Crippen LogP contribution in [0.5, 0.6) is 0 Å². The minimum absolute atomic E-state index is 0.185. The van der Waals surface area contributed by atoms with Gasteiger partial charge in [-0.25, -0.2) is 4.99 Å². The third-order valence-corrected chi connectivity index (χ3v) is 3.99. The largest absolute Gasteiger partial charge is 0.362 e. The second kappa shape index (κ2) is 12.4. The molecule has 0 saturated carbocycles. The topological polar surface area (TPSA) is 27.6 Å². The molecule has 1 rings (SSSR count). The molecule has 0 aliphatic carbocycles. The quantitative estimate of drug-likeness (QED) is 0.313. The first kappa shape index (κ1) is 20.0. The van der Waals surface area contributed by atoms with Gasteiger partial charge in [-0.05, 0) is 25.5 Å². The zero-order chi connectivity index (χ0) is 17.6. The molecule has 0 atom stereocenters. The molecule has 1 fully saturated rings. The summed E-state index contributed by atoms with van der Waals surface area (Å²) in [5, 5.41) is 3.65. The lowest BCUT2D eigenvalue weighted by atomic mass is 9.68. The van der Waals surface area contributed by atoms with Crippen LogP contribution in [-0.2, 0) is 0 Å². The molecule has 0 aromatic carbocycles. The third-order valence-electron chi connectivity index (χ3n) is 3.99. The maximum Gasteiger partial charge on any atom is 0.345 e. The van der Waals surface area contributed by atoms with Crippen LogP contribution in [0.25, 0.3) is 0 Å². The van der Waals surface area contributed by atoms with Crippen LogP contribution in [0.3, 0.4) is 0 Å². The highest BCUT2D eigenvalue weighted by molar-refractivity contribution is 6.57. The van der Waals surface area contributed by atoms with Crippen LogP contribution in [-0.4, -0.2) is 24.2 Å². The van der Waals surface area contributed by atoms with Crippen molar-refractivity contribution in [3.63, 3.8) is 0 Å². The monoisotopic (exact) mass is 323 g/mol. The first-order valence-corrected chi connectivity index (χ1v) is 8.73. The van der Waals surface area contributed by atoms with Crippen LogP contribution in [0.4, 0.5) is 0 Å². The molecule has 0 amide bonds. The Morgan fingerprint density at radius 1 is 1.00 bits per heavy atom. The summed E-state index contributed by atoms with van der Waals surface area (Å²) in [7, 11) is 0. The highest BCUT2D eigenvalue weighted by Gasteiger charge is 2.25. The summed E-state index contributed by atoms with van der Waals surface area (Å²) in [5.41, 5.74) is 0.950. The molecule has 0 radical (unpaired) electrons. The number of aliphatic imine (C=N–C) groups is 1. The van der Waals surface area contributed by atoms with Gasteiger partial charge in [0, 0.05) is 11.8 Å². The van der Waals surface area contributed by atoms with Gasteiger partial charge in [-0.2, -0.15) is 0 Å². The fraction of sp³-hybridized carbons (Fsp3) is 0.350. The molecule has 0 unspecified atom stereocenters. The molecule has 1 aliphatic heterocycles. The molecule has 128 valence electrons. The van der Waals surface area contributed by atoms with E-state index in [1.807, 2.05) is 24.4 Å². The van der Waals surface area contributed by atoms with Gasteiger partial charge >= 0.3 is 6.98 Å². The molecule has 1 heterocycles. The van der Waals surface area contributed by atoms with E-state index >= 15 is 0 Å². The highest BCUT2D eigenvalue weighted by atomic mass is 15.2. The number of allylic oxidation sites excluding steroid dienone is 4. The van der Waals surface area contributed by atoms with E-state index in [1.54, 1.807) is 18.4 Å². The van der Waals surface area contributed by atoms with Crippen LogP contribution in [0.15, 0.2) is 79.7 Å². The van der Waals surface area contributed by atoms with Crippen molar-refractivity contribution in [2.75, 3.05) is 6.54 Å². The Bertz CT molecular complexity index is 507. The van der Waals surface area contributed by atoms with Crippen molar-refractivity contribution in [1.29, 1.82) is 0 Å². The van der Waals surface area contributed by atoms with E-state index in [0.717, 1.165) is 24.3 Å². The maximum atomic E-state index is 4.51. The van der Waals surface area contributed by atoms with Gasteiger partial charge in [-0.3, -0.25) is 0 Å². The fourth-order valence-electron chi connectivity index (χ4n) is 2.84. The third kappa shape index (κ3) is 6.59. The molecule has 0 bridgehead atoms. The molecule has 0 spiro atoms. The van der Waals surface area contributed by atoms with Gasteiger partial charge < -0.3 is 10.0 Å². The van der Waals surface area contributed by atoms with E-state index in [1.165, 1.54) is 32.1 Å². The van der Waals surface area contributed by atoms with Gasteiger partial charge in [0.15, 0.2) is 0 Å². The summed E-state index contributed by atoms with van der Waals surface area (Å²) >= 11 is 0. The van der Waals surface area contributed by atoms with Crippen molar-refractivity contribution in [1.82, 2.24) is 10.0 Å². The van der Waals surface area contributed by atoms with E-state index < -0.39 is 0 Å². The predicted molar refractivity (Wildman–Crippen MR) is 109 cm³/mol. The fourth-order valence-corrected chi connectivity index (χ4v) is 2.84. The highest BCUT2D eigenvalue weighted by Crippen LogP contribution is 2.16. The van der Waals surface area contributed by atoms with Crippen LogP contribution >= 0.6 is 0 Å². The Labute approximate surface area is 148 Å². The van der Waals surface area contributed by atoms with Gasteiger partial charge in [-0.15, -0.1) is 0 Å². The van der Waals surface area contributed by atoms with Crippen molar-refractivity contribution in [2.24, 2.45) is 4.99 Å². The lowest BCUT2D eigenvalue weighted by molar-refractivity contribution is 0.640. The second-order valence-corrected chi connectivity index (χ2v) is 5.70. The van der Waals surface area contributed by atoms with E-state index in [0.29, 0.717) is 0 Å². The van der Waals surface area contributed by atoms with Gasteiger partial charge in [-0.1, -0.05) is 82.4 Å². The average molecular weight is 323 g/mol. The number of nitrogens with one attached hydrogen (secondary N) is 1. The summed E-state index contributed by atoms with van der Waals surface area (Å²) in [6, 6.07) is 0. The minimum atomic E-state index is 0.185. The van der Waals surface area contributed by atoms with Crippen LogP contribution in [0.2, 0.25) is 6.32 Å². The molecule has 1 N–H and O–H groups in total. The van der Waals surface area contributed by atoms with Gasteiger partial charge in [0.1, 0.15) is 5.84 Å². The van der Waals surface area contributed by atoms with Crippen molar-refractivity contribution < 1.29 is 0 Å². The summed E-state index contributed by atoms with van der Waals surface area (Å²) in [4.78, 5) is 6.62. The Hall–Kier alpha value is -2.07. The second-order valence-electron chi connectivity index (χ2n) is 5.70. The molecule has 4 heteroatoms. The zero-order valence-corrected chi connectivity index (χ0v) is 14.8. The van der Waals surface area contributed by atoms with Gasteiger partial charge in [0.2, 0.25) is 0 Å². The Morgan fingerprint density at radius 2 is 1.75 bits per heavy atom. The molecule has 0 aromatic rings. The maximum absolute atomic E-state index is 4.51. The summed E-state index contributed by atoms with van der Waals surface area (Å²) in [6.07, 6.45) is 20.1. The lowest BCUT2D eigenvalue weighted by Gasteiger charge is -2.29. The predicted octanol–water partition coefficient (Wildman–Crippen LogP) is 4.87. The van der Waals surface area contributed by atoms with Crippen molar-refractivity contribution in [3.8, 4) is 0 Å². The van der Waals surface area contributed by atoms with Crippen molar-refractivity contribution in [2.45, 2.75) is 38.4 Å². The summed E-state index contributed by atoms with van der Waals surface area (Å²) in [5.74, 6) is 0.815. The van der Waals surface area contributed by atoms with Crippen molar-refractivity contribution in [3.05, 3.63) is 74.7 Å². The van der Waals surface area contributed by atoms with Gasteiger partial charge in [0.05, 0.1) is 0 Å². The molecule has 1 aliphatic rings. The number of hydrogen-bond acceptors (Lipinski definition) is 2. The smallest absolute Gasteiger partial charge is 0.345 e. The molecule has 24 heavy (non-hydrogen) atoms. The van der Waals surface area contributed by atoms with Crippen molar-refractivity contribution >= 4 is 12.8 Å². The molecular formula is C20H30BN3. The molecular weight excluding hydrogens is 293 g/mol. The number of nitrogens with zero attached hydrogens (tertiary/aromatic N) is 2. The Kier molecular flexibility index (Phi) is 10.3. The van der Waals surface area contributed by atoms with Crippen LogP contribution < -0.4 is 5.23 Å². The summed E-state index contributed by atoms with van der Waals surface area (Å²) in [6.45, 7) is 16.5. The minimum Gasteiger partial charge on any atom is -0.362 e. The van der Waals surface area contributed by atoms with Crippen LogP contribution in [0.1, 0.15) is 32.1 Å². The first-order valence-electron chi connectivity index (χ1n) is 8.73. The number of amidine groups is 1. The average Bonchev–Trinajstić information content (AvgIpc) is 2.73. The van der Waals surface area contributed by atoms with Gasteiger partial charge in [0.25, 0.3) is 0 Å². The molecule has 0 aromatic heterocycles. The van der Waals surface area contributed by atoms with E-state index in [-0.39, 0.29) is 6.98 Å². The van der Waals surface area contributed by atoms with E-state index in [9.17, 15) is 0 Å².